The highest BCUT2D eigenvalue weighted by Gasteiger charge is 2.46. The molecule has 6 heteroatoms. The van der Waals surface area contributed by atoms with Crippen LogP contribution in [0.15, 0.2) is 18.2 Å². The van der Waals surface area contributed by atoms with Gasteiger partial charge in [0, 0.05) is 5.02 Å². The number of carbonyl (C=O) groups excluding carboxylic acids is 2. The van der Waals surface area contributed by atoms with Gasteiger partial charge in [-0.3, -0.25) is 9.59 Å². The number of hydrogen-bond donors (Lipinski definition) is 0. The summed E-state index contributed by atoms with van der Waals surface area (Å²) in [6.07, 6.45) is 4.58. The Morgan fingerprint density at radius 2 is 1.68 bits per heavy atom. The van der Waals surface area contributed by atoms with Crippen LogP contribution in [0.1, 0.15) is 59.3 Å². The number of ether oxygens (including phenoxy) is 2. The Kier molecular flexibility index (Phi) is 9.30. The zero-order valence-corrected chi connectivity index (χ0v) is 16.6. The largest absolute Gasteiger partial charge is 0.465 e. The Balaban J connectivity index is 2.81. The first kappa shape index (κ1) is 21.8. The third-order valence-corrected chi connectivity index (χ3v) is 4.85. The van der Waals surface area contributed by atoms with E-state index in [-0.39, 0.29) is 10.8 Å². The van der Waals surface area contributed by atoms with Crippen molar-refractivity contribution in [1.82, 2.24) is 0 Å². The first-order valence-electron chi connectivity index (χ1n) is 8.75. The van der Waals surface area contributed by atoms with Crippen molar-refractivity contribution < 1.29 is 19.1 Å². The summed E-state index contributed by atoms with van der Waals surface area (Å²) in [6.45, 7) is 5.97. The molecule has 0 aromatic heterocycles. The van der Waals surface area contributed by atoms with Gasteiger partial charge in [-0.05, 0) is 37.5 Å². The Hall–Kier alpha value is -1.26. The maximum absolute atomic E-state index is 12.7. The predicted molar refractivity (Wildman–Crippen MR) is 100 cm³/mol. The van der Waals surface area contributed by atoms with E-state index in [1.54, 1.807) is 19.9 Å². The summed E-state index contributed by atoms with van der Waals surface area (Å²) in [6, 6.07) is 4.56. The van der Waals surface area contributed by atoms with Crippen LogP contribution in [-0.4, -0.2) is 18.5 Å². The van der Waals surface area contributed by atoms with Crippen LogP contribution >= 0.6 is 23.2 Å². The molecule has 0 aliphatic carbocycles. The average molecular weight is 389 g/mol. The highest BCUT2D eigenvalue weighted by Crippen LogP contribution is 2.34. The molecule has 0 saturated heterocycles. The maximum Gasteiger partial charge on any atom is 0.328 e. The van der Waals surface area contributed by atoms with Crippen LogP contribution in [0.3, 0.4) is 0 Å². The summed E-state index contributed by atoms with van der Waals surface area (Å²) in [7, 11) is 0. The summed E-state index contributed by atoms with van der Waals surface area (Å²) in [4.78, 5) is 25.2. The van der Waals surface area contributed by atoms with Crippen molar-refractivity contribution >= 4 is 35.1 Å². The van der Waals surface area contributed by atoms with Crippen LogP contribution < -0.4 is 4.74 Å². The second-order valence-corrected chi connectivity index (χ2v) is 6.79. The second-order valence-electron chi connectivity index (χ2n) is 5.95. The van der Waals surface area contributed by atoms with Crippen molar-refractivity contribution in [1.29, 1.82) is 0 Å². The molecule has 0 atom stereocenters. The van der Waals surface area contributed by atoms with Crippen LogP contribution in [0, 0.1) is 5.41 Å². The van der Waals surface area contributed by atoms with Gasteiger partial charge in [0.05, 0.1) is 11.6 Å². The molecule has 0 heterocycles. The van der Waals surface area contributed by atoms with E-state index in [9.17, 15) is 9.59 Å². The Morgan fingerprint density at radius 3 is 2.24 bits per heavy atom. The molecule has 1 aromatic rings. The molecular weight excluding hydrogens is 363 g/mol. The van der Waals surface area contributed by atoms with Gasteiger partial charge in [0.25, 0.3) is 0 Å². The summed E-state index contributed by atoms with van der Waals surface area (Å²) >= 11 is 11.9. The van der Waals surface area contributed by atoms with Gasteiger partial charge in [-0.1, -0.05) is 63.2 Å². The van der Waals surface area contributed by atoms with Gasteiger partial charge in [0.1, 0.15) is 5.75 Å². The fourth-order valence-corrected chi connectivity index (χ4v) is 2.95. The van der Waals surface area contributed by atoms with Crippen molar-refractivity contribution in [2.75, 3.05) is 6.61 Å². The van der Waals surface area contributed by atoms with Crippen molar-refractivity contribution in [3.8, 4) is 5.75 Å². The number of esters is 2. The number of hydrogen-bond acceptors (Lipinski definition) is 4. The molecular formula is C19H26Cl2O4. The minimum absolute atomic E-state index is 0.179. The van der Waals surface area contributed by atoms with E-state index in [4.69, 9.17) is 32.7 Å². The molecule has 0 radical (unpaired) electrons. The van der Waals surface area contributed by atoms with Gasteiger partial charge in [-0.25, -0.2) is 0 Å². The number of benzene rings is 1. The molecule has 0 unspecified atom stereocenters. The van der Waals surface area contributed by atoms with Crippen LogP contribution in [0.2, 0.25) is 10.0 Å². The van der Waals surface area contributed by atoms with Gasteiger partial charge in [0.15, 0.2) is 5.41 Å². The highest BCUT2D eigenvalue weighted by atomic mass is 35.5. The average Bonchev–Trinajstić information content (AvgIpc) is 2.59. The van der Waals surface area contributed by atoms with Gasteiger partial charge in [0.2, 0.25) is 0 Å². The van der Waals surface area contributed by atoms with E-state index >= 15 is 0 Å². The van der Waals surface area contributed by atoms with Gasteiger partial charge in [-0.2, -0.15) is 0 Å². The van der Waals surface area contributed by atoms with Crippen LogP contribution in [0.4, 0.5) is 0 Å². The lowest BCUT2D eigenvalue weighted by Gasteiger charge is -2.27. The fraction of sp³-hybridized carbons (Fsp3) is 0.579. The molecule has 0 aliphatic heterocycles. The van der Waals surface area contributed by atoms with E-state index in [0.29, 0.717) is 24.5 Å². The smallest absolute Gasteiger partial charge is 0.328 e. The van der Waals surface area contributed by atoms with Gasteiger partial charge >= 0.3 is 11.9 Å². The third kappa shape index (κ3) is 5.89. The minimum atomic E-state index is -1.33. The molecule has 1 aromatic carbocycles. The number of halogens is 2. The van der Waals surface area contributed by atoms with E-state index in [1.165, 1.54) is 12.1 Å². The van der Waals surface area contributed by atoms with Crippen LogP contribution in [0.25, 0.3) is 0 Å². The van der Waals surface area contributed by atoms with Gasteiger partial charge < -0.3 is 9.47 Å². The Labute approximate surface area is 159 Å². The molecule has 0 spiro atoms. The highest BCUT2D eigenvalue weighted by molar-refractivity contribution is 6.35. The molecule has 0 fully saturated rings. The molecule has 0 saturated carbocycles. The number of unbranched alkanes of at least 4 members (excludes halogenated alkanes) is 3. The summed E-state index contributed by atoms with van der Waals surface area (Å²) < 4.78 is 10.7. The van der Waals surface area contributed by atoms with Crippen molar-refractivity contribution in [3.63, 3.8) is 0 Å². The van der Waals surface area contributed by atoms with Crippen molar-refractivity contribution in [2.24, 2.45) is 5.41 Å². The predicted octanol–water partition coefficient (Wildman–Crippen LogP) is 5.83. The first-order chi connectivity index (χ1) is 11.9. The lowest BCUT2D eigenvalue weighted by molar-refractivity contribution is -0.168. The number of carbonyl (C=O) groups is 2. The first-order valence-corrected chi connectivity index (χ1v) is 9.51. The summed E-state index contributed by atoms with van der Waals surface area (Å²) in [5.41, 5.74) is -1.33. The SMILES string of the molecule is CCCCCCOC(=O)C(CC)(CC)C(=O)Oc1ccc(Cl)cc1Cl. The van der Waals surface area contributed by atoms with Crippen molar-refractivity contribution in [2.45, 2.75) is 59.3 Å². The molecule has 0 aliphatic rings. The fourth-order valence-electron chi connectivity index (χ4n) is 2.50. The Bertz CT molecular complexity index is 583. The monoisotopic (exact) mass is 388 g/mol. The molecule has 4 nitrogen and oxygen atoms in total. The second kappa shape index (κ2) is 10.7. The Morgan fingerprint density at radius 1 is 1.00 bits per heavy atom. The normalized spacial score (nSPS) is 11.2. The van der Waals surface area contributed by atoms with Crippen molar-refractivity contribution in [3.05, 3.63) is 28.2 Å². The van der Waals surface area contributed by atoms with E-state index in [0.717, 1.165) is 25.7 Å². The molecule has 25 heavy (non-hydrogen) atoms. The topological polar surface area (TPSA) is 52.6 Å². The zero-order chi connectivity index (χ0) is 18.9. The standard InChI is InChI=1S/C19H26Cl2O4/c1-4-7-8-9-12-24-17(22)19(5-2,6-3)18(23)25-16-11-10-14(20)13-15(16)21/h10-11,13H,4-9,12H2,1-3H3. The lowest BCUT2D eigenvalue weighted by Crippen LogP contribution is -2.42. The molecule has 1 rings (SSSR count). The lowest BCUT2D eigenvalue weighted by atomic mass is 9.82. The van der Waals surface area contributed by atoms with E-state index in [1.807, 2.05) is 0 Å². The maximum atomic E-state index is 12.7. The zero-order valence-electron chi connectivity index (χ0n) is 15.1. The quantitative estimate of drug-likeness (QED) is 0.219. The van der Waals surface area contributed by atoms with E-state index < -0.39 is 17.4 Å². The molecule has 0 amide bonds. The van der Waals surface area contributed by atoms with E-state index in [2.05, 4.69) is 6.92 Å². The summed E-state index contributed by atoms with van der Waals surface area (Å²) in [5.74, 6) is -1.01. The minimum Gasteiger partial charge on any atom is -0.465 e. The van der Waals surface area contributed by atoms with Gasteiger partial charge in [-0.15, -0.1) is 0 Å². The van der Waals surface area contributed by atoms with Crippen LogP contribution in [0.5, 0.6) is 5.75 Å². The number of rotatable bonds is 10. The summed E-state index contributed by atoms with van der Waals surface area (Å²) in [5, 5.41) is 0.656. The van der Waals surface area contributed by atoms with Crippen LogP contribution in [-0.2, 0) is 14.3 Å². The third-order valence-electron chi connectivity index (χ3n) is 4.32. The molecule has 140 valence electrons. The molecule has 0 bridgehead atoms. The molecule has 0 N–H and O–H groups in total.